The number of anilines is 3. The molecule has 0 saturated heterocycles. The van der Waals surface area contributed by atoms with Crippen molar-refractivity contribution in [1.29, 1.82) is 0 Å². The number of aryl methyl sites for hydroxylation is 1. The Morgan fingerprint density at radius 3 is 2.89 bits per heavy atom. The normalized spacial score (nSPS) is 10.4. The third-order valence-corrected chi connectivity index (χ3v) is 2.84. The van der Waals surface area contributed by atoms with E-state index < -0.39 is 0 Å². The third-order valence-electron chi connectivity index (χ3n) is 2.84. The van der Waals surface area contributed by atoms with Crippen LogP contribution in [0.25, 0.3) is 0 Å². The summed E-state index contributed by atoms with van der Waals surface area (Å²) in [6, 6.07) is 8.08. The van der Waals surface area contributed by atoms with Crippen molar-refractivity contribution in [3.63, 3.8) is 0 Å². The Bertz CT molecular complexity index is 557. The molecule has 0 radical (unpaired) electrons. The number of benzene rings is 1. The van der Waals surface area contributed by atoms with Crippen LogP contribution >= 0.6 is 0 Å². The maximum atomic E-state index is 5.62. The summed E-state index contributed by atoms with van der Waals surface area (Å²) in [5.74, 6) is 1.000. The highest BCUT2D eigenvalue weighted by Gasteiger charge is 2.06. The van der Waals surface area contributed by atoms with Crippen LogP contribution in [0.3, 0.4) is 0 Å². The Morgan fingerprint density at radius 2 is 2.11 bits per heavy atom. The number of nitrogens with one attached hydrogen (secondary N) is 1. The van der Waals surface area contributed by atoms with Gasteiger partial charge < -0.3 is 15.8 Å². The molecule has 0 saturated carbocycles. The molecule has 0 atom stereocenters. The largest absolute Gasteiger partial charge is 0.384 e. The Balaban J connectivity index is 2.25. The van der Waals surface area contributed by atoms with E-state index in [0.29, 0.717) is 6.61 Å². The summed E-state index contributed by atoms with van der Waals surface area (Å²) >= 11 is 0. The van der Waals surface area contributed by atoms with Crippen molar-refractivity contribution in [3.05, 3.63) is 41.6 Å². The molecule has 1 aromatic carbocycles. The smallest absolute Gasteiger partial charge is 0.221 e. The van der Waals surface area contributed by atoms with Gasteiger partial charge in [0.1, 0.15) is 5.82 Å². The van der Waals surface area contributed by atoms with E-state index in [1.54, 1.807) is 13.3 Å². The molecule has 0 fully saturated rings. The van der Waals surface area contributed by atoms with Crippen molar-refractivity contribution >= 4 is 17.5 Å². The monoisotopic (exact) mass is 258 g/mol. The average Bonchev–Trinajstić information content (AvgIpc) is 2.42. The minimum atomic E-state index is 0.266. The zero-order valence-electron chi connectivity index (χ0n) is 11.2. The van der Waals surface area contributed by atoms with Crippen molar-refractivity contribution in [3.8, 4) is 0 Å². The predicted octanol–water partition coefficient (Wildman–Crippen LogP) is 2.30. The average molecular weight is 258 g/mol. The van der Waals surface area contributed by atoms with Gasteiger partial charge in [0.2, 0.25) is 5.95 Å². The Labute approximate surface area is 112 Å². The van der Waals surface area contributed by atoms with E-state index in [-0.39, 0.29) is 5.95 Å². The van der Waals surface area contributed by atoms with Crippen LogP contribution in [0.1, 0.15) is 11.1 Å². The molecule has 0 aliphatic carbocycles. The van der Waals surface area contributed by atoms with Gasteiger partial charge in [-0.15, -0.1) is 0 Å². The van der Waals surface area contributed by atoms with Gasteiger partial charge in [0.15, 0.2) is 0 Å². The van der Waals surface area contributed by atoms with Crippen LogP contribution in [0.4, 0.5) is 17.5 Å². The van der Waals surface area contributed by atoms with Crippen LogP contribution in [0.5, 0.6) is 0 Å². The van der Waals surface area contributed by atoms with E-state index in [0.717, 1.165) is 23.5 Å². The van der Waals surface area contributed by atoms with Gasteiger partial charge in [-0.05, 0) is 25.0 Å². The molecule has 0 aliphatic rings. The molecule has 0 spiro atoms. The van der Waals surface area contributed by atoms with Crippen molar-refractivity contribution in [1.82, 2.24) is 9.97 Å². The molecule has 1 heterocycles. The highest BCUT2D eigenvalue weighted by atomic mass is 16.5. The van der Waals surface area contributed by atoms with Gasteiger partial charge in [0.05, 0.1) is 6.61 Å². The van der Waals surface area contributed by atoms with E-state index in [2.05, 4.69) is 21.4 Å². The number of nitrogen functional groups attached to an aromatic ring is 1. The SMILES string of the molecule is COCCc1ccccc1Nc1nc(N)ncc1C. The fraction of sp³-hybridized carbons (Fsp3) is 0.286. The number of nitrogens with two attached hydrogens (primary N) is 1. The van der Waals surface area contributed by atoms with Crippen LogP contribution in [0, 0.1) is 6.92 Å². The summed E-state index contributed by atoms with van der Waals surface area (Å²) in [5, 5.41) is 3.30. The molecule has 5 nitrogen and oxygen atoms in total. The second-order valence-electron chi connectivity index (χ2n) is 4.28. The topological polar surface area (TPSA) is 73.1 Å². The lowest BCUT2D eigenvalue weighted by Gasteiger charge is -2.12. The van der Waals surface area contributed by atoms with E-state index in [1.807, 2.05) is 25.1 Å². The Morgan fingerprint density at radius 1 is 1.32 bits per heavy atom. The molecule has 2 aromatic rings. The molecule has 2 rings (SSSR count). The molecular formula is C14H18N4O. The van der Waals surface area contributed by atoms with Crippen LogP contribution in [0.2, 0.25) is 0 Å². The van der Waals surface area contributed by atoms with Gasteiger partial charge in [-0.25, -0.2) is 4.98 Å². The zero-order valence-corrected chi connectivity index (χ0v) is 11.2. The molecular weight excluding hydrogens is 240 g/mol. The molecule has 100 valence electrons. The number of para-hydroxylation sites is 1. The lowest BCUT2D eigenvalue weighted by Crippen LogP contribution is -2.04. The molecule has 3 N–H and O–H groups in total. The number of rotatable bonds is 5. The quantitative estimate of drug-likeness (QED) is 0.861. The van der Waals surface area contributed by atoms with Crippen molar-refractivity contribution in [2.24, 2.45) is 0 Å². The van der Waals surface area contributed by atoms with E-state index in [4.69, 9.17) is 10.5 Å². The molecule has 19 heavy (non-hydrogen) atoms. The number of ether oxygens (including phenoxy) is 1. The van der Waals surface area contributed by atoms with Gasteiger partial charge >= 0.3 is 0 Å². The molecule has 0 bridgehead atoms. The first-order valence-corrected chi connectivity index (χ1v) is 6.13. The first-order chi connectivity index (χ1) is 9.20. The number of nitrogens with zero attached hydrogens (tertiary/aromatic N) is 2. The van der Waals surface area contributed by atoms with Crippen molar-refractivity contribution < 1.29 is 4.74 Å². The highest BCUT2D eigenvalue weighted by molar-refractivity contribution is 5.63. The Kier molecular flexibility index (Phi) is 4.30. The summed E-state index contributed by atoms with van der Waals surface area (Å²) in [5.41, 5.74) is 8.77. The predicted molar refractivity (Wildman–Crippen MR) is 76.5 cm³/mol. The van der Waals surface area contributed by atoms with Gasteiger partial charge in [0.25, 0.3) is 0 Å². The summed E-state index contributed by atoms with van der Waals surface area (Å²) in [7, 11) is 1.70. The van der Waals surface area contributed by atoms with Crippen LogP contribution in [0.15, 0.2) is 30.5 Å². The van der Waals surface area contributed by atoms with Gasteiger partial charge in [-0.2, -0.15) is 4.98 Å². The van der Waals surface area contributed by atoms with Crippen molar-refractivity contribution in [2.45, 2.75) is 13.3 Å². The van der Waals surface area contributed by atoms with E-state index in [9.17, 15) is 0 Å². The minimum absolute atomic E-state index is 0.266. The van der Waals surface area contributed by atoms with Crippen LogP contribution < -0.4 is 11.1 Å². The standard InChI is InChI=1S/C14H18N4O/c1-10-9-16-14(15)18-13(10)17-12-6-4-3-5-11(12)7-8-19-2/h3-6,9H,7-8H2,1-2H3,(H3,15,16,17,18). The summed E-state index contributed by atoms with van der Waals surface area (Å²) < 4.78 is 5.12. The Hall–Kier alpha value is -2.14. The van der Waals surface area contributed by atoms with Gasteiger partial charge in [0, 0.05) is 24.6 Å². The number of hydrogen-bond acceptors (Lipinski definition) is 5. The summed E-state index contributed by atoms with van der Waals surface area (Å²) in [6.07, 6.45) is 2.56. The molecule has 0 amide bonds. The number of aromatic nitrogens is 2. The summed E-state index contributed by atoms with van der Waals surface area (Å²) in [6.45, 7) is 2.63. The second-order valence-corrected chi connectivity index (χ2v) is 4.28. The fourth-order valence-electron chi connectivity index (χ4n) is 1.78. The molecule has 5 heteroatoms. The minimum Gasteiger partial charge on any atom is -0.384 e. The third kappa shape index (κ3) is 3.42. The molecule has 0 unspecified atom stereocenters. The zero-order chi connectivity index (χ0) is 13.7. The van der Waals surface area contributed by atoms with E-state index >= 15 is 0 Å². The maximum Gasteiger partial charge on any atom is 0.221 e. The van der Waals surface area contributed by atoms with E-state index in [1.165, 1.54) is 5.56 Å². The highest BCUT2D eigenvalue weighted by Crippen LogP contribution is 2.22. The lowest BCUT2D eigenvalue weighted by molar-refractivity contribution is 0.202. The fourth-order valence-corrected chi connectivity index (χ4v) is 1.78. The summed E-state index contributed by atoms with van der Waals surface area (Å²) in [4.78, 5) is 8.17. The van der Waals surface area contributed by atoms with Crippen LogP contribution in [-0.4, -0.2) is 23.7 Å². The first kappa shape index (κ1) is 13.3. The van der Waals surface area contributed by atoms with Crippen LogP contribution in [-0.2, 0) is 11.2 Å². The second kappa shape index (κ2) is 6.15. The molecule has 1 aromatic heterocycles. The van der Waals surface area contributed by atoms with Gasteiger partial charge in [-0.3, -0.25) is 0 Å². The lowest BCUT2D eigenvalue weighted by atomic mass is 10.1. The first-order valence-electron chi connectivity index (χ1n) is 6.13. The van der Waals surface area contributed by atoms with Crippen molar-refractivity contribution in [2.75, 3.05) is 24.8 Å². The molecule has 0 aliphatic heterocycles. The van der Waals surface area contributed by atoms with Gasteiger partial charge in [-0.1, -0.05) is 18.2 Å². The number of methoxy groups -OCH3 is 1. The maximum absolute atomic E-state index is 5.62. The number of hydrogen-bond donors (Lipinski definition) is 2.